The molecule has 0 atom stereocenters. The summed E-state index contributed by atoms with van der Waals surface area (Å²) in [5, 5.41) is 7.50. The lowest BCUT2D eigenvalue weighted by Gasteiger charge is -2.08. The molecule has 0 aliphatic carbocycles. The van der Waals surface area contributed by atoms with Gasteiger partial charge in [0.1, 0.15) is 0 Å². The molecule has 0 saturated heterocycles. The van der Waals surface area contributed by atoms with E-state index in [9.17, 15) is 4.79 Å². The van der Waals surface area contributed by atoms with E-state index < -0.39 is 0 Å². The zero-order chi connectivity index (χ0) is 15.8. The second-order valence-electron chi connectivity index (χ2n) is 5.92. The SMILES string of the molecule is COCCCNC(=O)CCc1c(C)nn(CC(C)C)c1C. The van der Waals surface area contributed by atoms with Gasteiger partial charge in [-0.2, -0.15) is 5.10 Å². The number of nitrogens with zero attached hydrogens (tertiary/aromatic N) is 2. The fraction of sp³-hybridized carbons (Fsp3) is 0.750. The molecule has 1 aromatic rings. The van der Waals surface area contributed by atoms with Crippen LogP contribution in [-0.4, -0.2) is 35.9 Å². The number of carbonyl (C=O) groups excluding carboxylic acids is 1. The molecule has 1 aromatic heterocycles. The molecule has 0 fully saturated rings. The topological polar surface area (TPSA) is 56.1 Å². The number of carbonyl (C=O) groups is 1. The lowest BCUT2D eigenvalue weighted by Crippen LogP contribution is -2.25. The molecule has 5 heteroatoms. The van der Waals surface area contributed by atoms with Gasteiger partial charge in [-0.3, -0.25) is 9.48 Å². The third-order valence-electron chi connectivity index (χ3n) is 3.52. The van der Waals surface area contributed by atoms with Crippen molar-refractivity contribution in [3.05, 3.63) is 17.0 Å². The zero-order valence-electron chi connectivity index (χ0n) is 14.0. The second-order valence-corrected chi connectivity index (χ2v) is 5.92. The van der Waals surface area contributed by atoms with E-state index in [0.29, 0.717) is 25.5 Å². The smallest absolute Gasteiger partial charge is 0.220 e. The quantitative estimate of drug-likeness (QED) is 0.711. The summed E-state index contributed by atoms with van der Waals surface area (Å²) in [5.74, 6) is 0.668. The number of ether oxygens (including phenoxy) is 1. The highest BCUT2D eigenvalue weighted by atomic mass is 16.5. The second kappa shape index (κ2) is 8.82. The van der Waals surface area contributed by atoms with Gasteiger partial charge in [0.25, 0.3) is 0 Å². The first kappa shape index (κ1) is 17.7. The molecule has 0 unspecified atom stereocenters. The fourth-order valence-corrected chi connectivity index (χ4v) is 2.39. The maximum Gasteiger partial charge on any atom is 0.220 e. The highest BCUT2D eigenvalue weighted by Crippen LogP contribution is 2.16. The summed E-state index contributed by atoms with van der Waals surface area (Å²) < 4.78 is 7.02. The van der Waals surface area contributed by atoms with E-state index in [-0.39, 0.29) is 5.91 Å². The van der Waals surface area contributed by atoms with Crippen LogP contribution >= 0.6 is 0 Å². The molecule has 120 valence electrons. The van der Waals surface area contributed by atoms with Gasteiger partial charge in [-0.05, 0) is 38.2 Å². The van der Waals surface area contributed by atoms with Crippen LogP contribution in [0.25, 0.3) is 0 Å². The third kappa shape index (κ3) is 5.87. The Kier molecular flexibility index (Phi) is 7.43. The van der Waals surface area contributed by atoms with Gasteiger partial charge >= 0.3 is 0 Å². The Bertz CT molecular complexity index is 453. The van der Waals surface area contributed by atoms with Gasteiger partial charge in [-0.15, -0.1) is 0 Å². The van der Waals surface area contributed by atoms with Crippen molar-refractivity contribution >= 4 is 5.91 Å². The summed E-state index contributed by atoms with van der Waals surface area (Å²) in [6, 6.07) is 0. The first-order valence-electron chi connectivity index (χ1n) is 7.74. The number of rotatable bonds is 9. The van der Waals surface area contributed by atoms with E-state index in [2.05, 4.69) is 35.9 Å². The Morgan fingerprint density at radius 3 is 2.71 bits per heavy atom. The summed E-state index contributed by atoms with van der Waals surface area (Å²) in [4.78, 5) is 11.8. The Hall–Kier alpha value is -1.36. The van der Waals surface area contributed by atoms with Crippen molar-refractivity contribution in [2.45, 2.75) is 53.5 Å². The van der Waals surface area contributed by atoms with E-state index in [4.69, 9.17) is 4.74 Å². The Morgan fingerprint density at radius 1 is 1.38 bits per heavy atom. The molecule has 0 aliphatic rings. The van der Waals surface area contributed by atoms with Crippen LogP contribution in [0.3, 0.4) is 0 Å². The van der Waals surface area contributed by atoms with Crippen LogP contribution in [0.1, 0.15) is 43.6 Å². The van der Waals surface area contributed by atoms with Crippen molar-refractivity contribution in [1.29, 1.82) is 0 Å². The van der Waals surface area contributed by atoms with Crippen LogP contribution in [0.15, 0.2) is 0 Å². The molecule has 5 nitrogen and oxygen atoms in total. The summed E-state index contributed by atoms with van der Waals surface area (Å²) in [6.45, 7) is 10.8. The number of amides is 1. The predicted molar refractivity (Wildman–Crippen MR) is 84.4 cm³/mol. The van der Waals surface area contributed by atoms with Gasteiger partial charge in [-0.1, -0.05) is 13.8 Å². The first-order chi connectivity index (χ1) is 9.95. The van der Waals surface area contributed by atoms with Crippen molar-refractivity contribution in [3.8, 4) is 0 Å². The number of nitrogens with one attached hydrogen (secondary N) is 1. The van der Waals surface area contributed by atoms with Crippen molar-refractivity contribution < 1.29 is 9.53 Å². The molecule has 1 N–H and O–H groups in total. The first-order valence-corrected chi connectivity index (χ1v) is 7.74. The van der Waals surface area contributed by atoms with Gasteiger partial charge in [0.05, 0.1) is 5.69 Å². The van der Waals surface area contributed by atoms with E-state index >= 15 is 0 Å². The maximum atomic E-state index is 11.8. The van der Waals surface area contributed by atoms with Gasteiger partial charge in [0.2, 0.25) is 5.91 Å². The zero-order valence-corrected chi connectivity index (χ0v) is 14.0. The molecule has 1 amide bonds. The van der Waals surface area contributed by atoms with Crippen molar-refractivity contribution in [3.63, 3.8) is 0 Å². The molecule has 0 bridgehead atoms. The molecule has 0 saturated carbocycles. The van der Waals surface area contributed by atoms with Gasteiger partial charge in [-0.25, -0.2) is 0 Å². The lowest BCUT2D eigenvalue weighted by molar-refractivity contribution is -0.121. The number of hydrogen-bond acceptors (Lipinski definition) is 3. The standard InChI is InChI=1S/C16H29N3O2/c1-12(2)11-19-14(4)15(13(3)18-19)7-8-16(20)17-9-6-10-21-5/h12H,6-11H2,1-5H3,(H,17,20). The van der Waals surface area contributed by atoms with E-state index in [0.717, 1.165) is 25.1 Å². The number of hydrogen-bond donors (Lipinski definition) is 1. The van der Waals surface area contributed by atoms with Crippen LogP contribution in [-0.2, 0) is 22.5 Å². The van der Waals surface area contributed by atoms with Crippen LogP contribution < -0.4 is 5.32 Å². The van der Waals surface area contributed by atoms with Gasteiger partial charge < -0.3 is 10.1 Å². The molecule has 1 rings (SSSR count). The van der Waals surface area contributed by atoms with Crippen molar-refractivity contribution in [2.75, 3.05) is 20.3 Å². The summed E-state index contributed by atoms with van der Waals surface area (Å²) in [5.41, 5.74) is 3.44. The fourth-order valence-electron chi connectivity index (χ4n) is 2.39. The molecule has 0 spiro atoms. The van der Waals surface area contributed by atoms with Crippen LogP contribution in [0.5, 0.6) is 0 Å². The summed E-state index contributed by atoms with van der Waals surface area (Å²) in [7, 11) is 1.67. The van der Waals surface area contributed by atoms with Crippen LogP contribution in [0, 0.1) is 19.8 Å². The van der Waals surface area contributed by atoms with E-state index in [1.165, 1.54) is 11.3 Å². The average Bonchev–Trinajstić information content (AvgIpc) is 2.67. The van der Waals surface area contributed by atoms with E-state index in [1.54, 1.807) is 7.11 Å². The largest absolute Gasteiger partial charge is 0.385 e. The van der Waals surface area contributed by atoms with Crippen LogP contribution in [0.4, 0.5) is 0 Å². The lowest BCUT2D eigenvalue weighted by atomic mass is 10.1. The monoisotopic (exact) mass is 295 g/mol. The maximum absolute atomic E-state index is 11.8. The molecular formula is C16H29N3O2. The minimum atomic E-state index is 0.0986. The Labute approximate surface area is 128 Å². The molecular weight excluding hydrogens is 266 g/mol. The molecule has 0 radical (unpaired) electrons. The molecule has 1 heterocycles. The highest BCUT2D eigenvalue weighted by molar-refractivity contribution is 5.76. The Morgan fingerprint density at radius 2 is 2.10 bits per heavy atom. The van der Waals surface area contributed by atoms with Crippen molar-refractivity contribution in [2.24, 2.45) is 5.92 Å². The summed E-state index contributed by atoms with van der Waals surface area (Å²) >= 11 is 0. The van der Waals surface area contributed by atoms with Gasteiger partial charge in [0, 0.05) is 38.9 Å². The minimum Gasteiger partial charge on any atom is -0.385 e. The summed E-state index contributed by atoms with van der Waals surface area (Å²) in [6.07, 6.45) is 2.13. The minimum absolute atomic E-state index is 0.0986. The van der Waals surface area contributed by atoms with Crippen LogP contribution in [0.2, 0.25) is 0 Å². The Balaban J connectivity index is 2.48. The number of aromatic nitrogens is 2. The molecule has 0 aromatic carbocycles. The average molecular weight is 295 g/mol. The van der Waals surface area contributed by atoms with Crippen molar-refractivity contribution in [1.82, 2.24) is 15.1 Å². The third-order valence-corrected chi connectivity index (χ3v) is 3.52. The molecule has 21 heavy (non-hydrogen) atoms. The molecule has 0 aliphatic heterocycles. The highest BCUT2D eigenvalue weighted by Gasteiger charge is 2.13. The van der Waals surface area contributed by atoms with Gasteiger partial charge in [0.15, 0.2) is 0 Å². The normalized spacial score (nSPS) is 11.1. The predicted octanol–water partition coefficient (Wildman–Crippen LogP) is 2.24. The number of methoxy groups -OCH3 is 1. The number of aryl methyl sites for hydroxylation is 1. The van der Waals surface area contributed by atoms with E-state index in [1.807, 2.05) is 6.92 Å².